The van der Waals surface area contributed by atoms with Crippen molar-refractivity contribution < 1.29 is 14.2 Å². The van der Waals surface area contributed by atoms with Gasteiger partial charge in [-0.2, -0.15) is 0 Å². The van der Waals surface area contributed by atoms with Crippen LogP contribution in [0.5, 0.6) is 11.5 Å². The summed E-state index contributed by atoms with van der Waals surface area (Å²) in [4.78, 5) is 0. The van der Waals surface area contributed by atoms with Crippen molar-refractivity contribution in [3.63, 3.8) is 0 Å². The highest BCUT2D eigenvalue weighted by Crippen LogP contribution is 2.24. The molecule has 18 heavy (non-hydrogen) atoms. The summed E-state index contributed by atoms with van der Waals surface area (Å²) >= 11 is 0. The molecule has 0 atom stereocenters. The summed E-state index contributed by atoms with van der Waals surface area (Å²) in [6, 6.07) is 5.92. The average Bonchev–Trinajstić information content (AvgIpc) is 2.25. The number of ether oxygens (including phenoxy) is 3. The molecule has 0 fully saturated rings. The quantitative estimate of drug-likeness (QED) is 0.741. The second-order valence-corrected chi connectivity index (χ2v) is 5.12. The van der Waals surface area contributed by atoms with Gasteiger partial charge >= 0.3 is 0 Å². The van der Waals surface area contributed by atoms with Crippen LogP contribution in [-0.4, -0.2) is 19.8 Å². The van der Waals surface area contributed by atoms with E-state index in [2.05, 4.69) is 13.8 Å². The molecule has 0 bridgehead atoms. The highest BCUT2D eigenvalue weighted by molar-refractivity contribution is 5.38. The lowest BCUT2D eigenvalue weighted by molar-refractivity contribution is 0.183. The molecular weight excluding hydrogens is 228 g/mol. The largest absolute Gasteiger partial charge is 0.493 e. The minimum atomic E-state index is 0.153. The third kappa shape index (κ3) is 5.41. The summed E-state index contributed by atoms with van der Waals surface area (Å²) in [6.45, 7) is 9.55. The molecule has 0 radical (unpaired) electrons. The maximum atomic E-state index is 5.74. The first kappa shape index (κ1) is 14.8. The first-order chi connectivity index (χ1) is 8.51. The van der Waals surface area contributed by atoms with E-state index in [-0.39, 0.29) is 6.10 Å². The van der Waals surface area contributed by atoms with Crippen molar-refractivity contribution in [1.29, 1.82) is 0 Å². The van der Waals surface area contributed by atoms with E-state index in [1.54, 1.807) is 7.11 Å². The summed E-state index contributed by atoms with van der Waals surface area (Å²) in [6.07, 6.45) is 0.153. The summed E-state index contributed by atoms with van der Waals surface area (Å²) in [7, 11) is 1.69. The summed E-state index contributed by atoms with van der Waals surface area (Å²) < 4.78 is 16.6. The fourth-order valence-corrected chi connectivity index (χ4v) is 1.57. The van der Waals surface area contributed by atoms with Gasteiger partial charge in [0.1, 0.15) is 11.5 Å². The van der Waals surface area contributed by atoms with Crippen LogP contribution >= 0.6 is 0 Å². The van der Waals surface area contributed by atoms with Gasteiger partial charge in [0.05, 0.1) is 19.3 Å². The van der Waals surface area contributed by atoms with Crippen LogP contribution in [0.15, 0.2) is 18.2 Å². The van der Waals surface area contributed by atoms with E-state index in [1.807, 2.05) is 32.0 Å². The number of rotatable bonds is 7. The molecule has 0 aliphatic carbocycles. The fourth-order valence-electron chi connectivity index (χ4n) is 1.57. The normalized spacial score (nSPS) is 11.1. The summed E-state index contributed by atoms with van der Waals surface area (Å²) in [5.41, 5.74) is 1.06. The molecule has 1 aromatic rings. The molecule has 0 saturated heterocycles. The third-order valence-electron chi connectivity index (χ3n) is 2.21. The van der Waals surface area contributed by atoms with Crippen LogP contribution < -0.4 is 9.47 Å². The van der Waals surface area contributed by atoms with Crippen molar-refractivity contribution in [2.24, 2.45) is 5.92 Å². The Morgan fingerprint density at radius 1 is 1.00 bits per heavy atom. The van der Waals surface area contributed by atoms with Crippen molar-refractivity contribution in [3.8, 4) is 11.5 Å². The lowest BCUT2D eigenvalue weighted by Gasteiger charge is -2.15. The Hall–Kier alpha value is -1.22. The molecule has 0 spiro atoms. The van der Waals surface area contributed by atoms with Gasteiger partial charge in [0.25, 0.3) is 0 Å². The maximum absolute atomic E-state index is 5.74. The molecule has 0 aromatic heterocycles. The van der Waals surface area contributed by atoms with Crippen LogP contribution in [-0.2, 0) is 11.3 Å². The average molecular weight is 252 g/mol. The lowest BCUT2D eigenvalue weighted by Crippen LogP contribution is -2.08. The van der Waals surface area contributed by atoms with E-state index in [0.29, 0.717) is 19.1 Å². The van der Waals surface area contributed by atoms with Crippen molar-refractivity contribution >= 4 is 0 Å². The summed E-state index contributed by atoms with van der Waals surface area (Å²) in [5.74, 6) is 2.18. The van der Waals surface area contributed by atoms with Crippen molar-refractivity contribution in [3.05, 3.63) is 23.8 Å². The van der Waals surface area contributed by atoms with E-state index in [9.17, 15) is 0 Å². The third-order valence-corrected chi connectivity index (χ3v) is 2.21. The van der Waals surface area contributed by atoms with Crippen molar-refractivity contribution in [2.75, 3.05) is 13.7 Å². The highest BCUT2D eigenvalue weighted by Gasteiger charge is 2.06. The van der Waals surface area contributed by atoms with Crippen molar-refractivity contribution in [1.82, 2.24) is 0 Å². The minimum absolute atomic E-state index is 0.153. The Balaban J connectivity index is 2.83. The Morgan fingerprint density at radius 3 is 2.22 bits per heavy atom. The number of hydrogen-bond donors (Lipinski definition) is 0. The van der Waals surface area contributed by atoms with Gasteiger partial charge in [-0.3, -0.25) is 0 Å². The van der Waals surface area contributed by atoms with E-state index in [4.69, 9.17) is 14.2 Å². The van der Waals surface area contributed by atoms with Gasteiger partial charge in [0.15, 0.2) is 0 Å². The van der Waals surface area contributed by atoms with Crippen LogP contribution in [0.2, 0.25) is 0 Å². The lowest BCUT2D eigenvalue weighted by atomic mass is 10.2. The smallest absolute Gasteiger partial charge is 0.123 e. The Kier molecular flexibility index (Phi) is 5.99. The van der Waals surface area contributed by atoms with Crippen LogP contribution in [0, 0.1) is 5.92 Å². The van der Waals surface area contributed by atoms with Crippen LogP contribution in [0.1, 0.15) is 33.3 Å². The molecule has 3 heteroatoms. The van der Waals surface area contributed by atoms with E-state index in [0.717, 1.165) is 17.1 Å². The molecule has 0 unspecified atom stereocenters. The highest BCUT2D eigenvalue weighted by atomic mass is 16.5. The molecule has 0 aliphatic rings. The predicted octanol–water partition coefficient (Wildman–Crippen LogP) is 3.66. The van der Waals surface area contributed by atoms with Gasteiger partial charge in [-0.1, -0.05) is 13.8 Å². The predicted molar refractivity (Wildman–Crippen MR) is 73.3 cm³/mol. The monoisotopic (exact) mass is 252 g/mol. The molecular formula is C15H24O3. The first-order valence-electron chi connectivity index (χ1n) is 6.43. The Bertz CT molecular complexity index is 359. The molecule has 0 amide bonds. The molecule has 0 saturated carbocycles. The fraction of sp³-hybridized carbons (Fsp3) is 0.600. The topological polar surface area (TPSA) is 27.7 Å². The van der Waals surface area contributed by atoms with Gasteiger partial charge in [-0.25, -0.2) is 0 Å². The number of methoxy groups -OCH3 is 1. The van der Waals surface area contributed by atoms with Crippen LogP contribution in [0.3, 0.4) is 0 Å². The zero-order chi connectivity index (χ0) is 13.5. The second-order valence-electron chi connectivity index (χ2n) is 5.12. The van der Waals surface area contributed by atoms with Crippen molar-refractivity contribution in [2.45, 2.75) is 40.4 Å². The Morgan fingerprint density at radius 2 is 1.67 bits per heavy atom. The number of hydrogen-bond acceptors (Lipinski definition) is 3. The molecule has 0 N–H and O–H groups in total. The zero-order valence-corrected chi connectivity index (χ0v) is 12.0. The molecule has 0 aliphatic heterocycles. The van der Waals surface area contributed by atoms with Gasteiger partial charge in [-0.05, 0) is 37.5 Å². The first-order valence-corrected chi connectivity index (χ1v) is 6.43. The Labute approximate surface area is 110 Å². The van der Waals surface area contributed by atoms with Gasteiger partial charge < -0.3 is 14.2 Å². The SMILES string of the molecule is COCc1cc(OCC(C)C)cc(OC(C)C)c1. The molecule has 3 nitrogen and oxygen atoms in total. The maximum Gasteiger partial charge on any atom is 0.123 e. The van der Waals surface area contributed by atoms with Gasteiger partial charge in [-0.15, -0.1) is 0 Å². The van der Waals surface area contributed by atoms with E-state index < -0.39 is 0 Å². The number of benzene rings is 1. The zero-order valence-electron chi connectivity index (χ0n) is 12.0. The van der Waals surface area contributed by atoms with E-state index in [1.165, 1.54) is 0 Å². The van der Waals surface area contributed by atoms with Gasteiger partial charge in [0.2, 0.25) is 0 Å². The van der Waals surface area contributed by atoms with Crippen LogP contribution in [0.4, 0.5) is 0 Å². The van der Waals surface area contributed by atoms with E-state index >= 15 is 0 Å². The minimum Gasteiger partial charge on any atom is -0.493 e. The summed E-state index contributed by atoms with van der Waals surface area (Å²) in [5, 5.41) is 0. The molecule has 102 valence electrons. The molecule has 1 rings (SSSR count). The van der Waals surface area contributed by atoms with Crippen LogP contribution in [0.25, 0.3) is 0 Å². The standard InChI is InChI=1S/C15H24O3/c1-11(2)9-17-14-6-13(10-16-5)7-15(8-14)18-12(3)4/h6-8,11-12H,9-10H2,1-5H3. The van der Waals surface area contributed by atoms with Gasteiger partial charge in [0, 0.05) is 13.2 Å². The molecule has 1 aromatic carbocycles. The molecule has 0 heterocycles. The second kappa shape index (κ2) is 7.27.